The largest absolute Gasteiger partial charge is 0.484 e. The maximum Gasteiger partial charge on any atom is 0.262 e. The second kappa shape index (κ2) is 6.92. The van der Waals surface area contributed by atoms with Crippen molar-refractivity contribution in [3.63, 3.8) is 0 Å². The van der Waals surface area contributed by atoms with E-state index in [1.54, 1.807) is 42.5 Å². The summed E-state index contributed by atoms with van der Waals surface area (Å²) in [5, 5.41) is 3.56. The van der Waals surface area contributed by atoms with Crippen molar-refractivity contribution in [2.24, 2.45) is 0 Å². The molecule has 6 heteroatoms. The van der Waals surface area contributed by atoms with Crippen molar-refractivity contribution in [2.45, 2.75) is 0 Å². The minimum atomic E-state index is -0.387. The van der Waals surface area contributed by atoms with Crippen LogP contribution in [0.2, 0.25) is 0 Å². The molecule has 0 unspecified atom stereocenters. The third kappa shape index (κ3) is 3.50. The Kier molecular flexibility index (Phi) is 4.30. The number of anilines is 1. The first-order valence-corrected chi connectivity index (χ1v) is 8.24. The Labute approximate surface area is 153 Å². The van der Waals surface area contributed by atoms with Crippen molar-refractivity contribution in [1.29, 1.82) is 0 Å². The lowest BCUT2D eigenvalue weighted by atomic mass is 10.1. The number of carbonyl (C=O) groups is 1. The van der Waals surface area contributed by atoms with E-state index in [4.69, 9.17) is 9.15 Å². The highest BCUT2D eigenvalue weighted by Gasteiger charge is 2.09. The molecular weight excluding hydrogens is 349 g/mol. The van der Waals surface area contributed by atoms with Crippen molar-refractivity contribution in [2.75, 3.05) is 11.9 Å². The Morgan fingerprint density at radius 1 is 0.963 bits per heavy atom. The molecule has 0 atom stereocenters. The molecule has 4 aromatic rings. The number of ether oxygens (including phenoxy) is 1. The van der Waals surface area contributed by atoms with Crippen LogP contribution in [0.3, 0.4) is 0 Å². The second-order valence-corrected chi connectivity index (χ2v) is 5.93. The monoisotopic (exact) mass is 363 g/mol. The van der Waals surface area contributed by atoms with Gasteiger partial charge in [-0.2, -0.15) is 0 Å². The first-order chi connectivity index (χ1) is 13.1. The lowest BCUT2D eigenvalue weighted by Crippen LogP contribution is -2.20. The fourth-order valence-electron chi connectivity index (χ4n) is 2.75. The molecule has 134 valence electrons. The minimum absolute atomic E-state index is 0.118. The van der Waals surface area contributed by atoms with Gasteiger partial charge < -0.3 is 14.5 Å². The smallest absolute Gasteiger partial charge is 0.262 e. The number of rotatable bonds is 4. The fraction of sp³-hybridized carbons (Fsp3) is 0.0476. The lowest BCUT2D eigenvalue weighted by Gasteiger charge is -2.08. The van der Waals surface area contributed by atoms with Gasteiger partial charge in [-0.25, -0.2) is 4.39 Å². The van der Waals surface area contributed by atoms with Gasteiger partial charge in [-0.05, 0) is 48.5 Å². The molecule has 0 spiro atoms. The van der Waals surface area contributed by atoms with Crippen molar-refractivity contribution >= 4 is 33.5 Å². The molecule has 5 nitrogen and oxygen atoms in total. The first kappa shape index (κ1) is 16.8. The summed E-state index contributed by atoms with van der Waals surface area (Å²) in [6.45, 7) is -0.235. The number of carbonyl (C=O) groups excluding carboxylic acids is 1. The van der Waals surface area contributed by atoms with Crippen LogP contribution in [-0.4, -0.2) is 12.5 Å². The van der Waals surface area contributed by atoms with Crippen molar-refractivity contribution in [1.82, 2.24) is 0 Å². The molecule has 0 aliphatic rings. The molecule has 0 fully saturated rings. The van der Waals surface area contributed by atoms with Crippen molar-refractivity contribution in [3.05, 3.63) is 82.8 Å². The zero-order valence-electron chi connectivity index (χ0n) is 14.1. The van der Waals surface area contributed by atoms with Gasteiger partial charge in [0.25, 0.3) is 5.91 Å². The Morgan fingerprint density at radius 2 is 1.70 bits per heavy atom. The zero-order chi connectivity index (χ0) is 18.8. The van der Waals surface area contributed by atoms with Gasteiger partial charge in [0.1, 0.15) is 22.7 Å². The van der Waals surface area contributed by atoms with Gasteiger partial charge in [0.2, 0.25) is 5.43 Å². The van der Waals surface area contributed by atoms with Crippen LogP contribution < -0.4 is 15.5 Å². The predicted octanol–water partition coefficient (Wildman–Crippen LogP) is 4.10. The van der Waals surface area contributed by atoms with Crippen LogP contribution in [-0.2, 0) is 4.79 Å². The standard InChI is InChI=1S/C21H14FNO4/c22-13-5-7-14(8-6-13)23-20(24)12-26-15-9-10-17-19(11-15)27-18-4-2-1-3-16(18)21(17)25/h1-11H,12H2,(H,23,24). The highest BCUT2D eigenvalue weighted by atomic mass is 19.1. The van der Waals surface area contributed by atoms with Crippen LogP contribution in [0, 0.1) is 5.82 Å². The molecule has 3 aromatic carbocycles. The van der Waals surface area contributed by atoms with Gasteiger partial charge in [-0.15, -0.1) is 0 Å². The third-order valence-corrected chi connectivity index (χ3v) is 4.05. The van der Waals surface area contributed by atoms with Gasteiger partial charge in [0.05, 0.1) is 10.8 Å². The summed E-state index contributed by atoms with van der Waals surface area (Å²) in [5.41, 5.74) is 1.23. The summed E-state index contributed by atoms with van der Waals surface area (Å²) in [6, 6.07) is 17.2. The van der Waals surface area contributed by atoms with Gasteiger partial charge in [-0.1, -0.05) is 12.1 Å². The summed E-state index contributed by atoms with van der Waals surface area (Å²) in [4.78, 5) is 24.5. The number of benzene rings is 3. The average Bonchev–Trinajstić information content (AvgIpc) is 2.68. The van der Waals surface area contributed by atoms with Gasteiger partial charge in [0.15, 0.2) is 6.61 Å². The lowest BCUT2D eigenvalue weighted by molar-refractivity contribution is -0.118. The molecule has 4 rings (SSSR count). The van der Waals surface area contributed by atoms with E-state index in [1.807, 2.05) is 0 Å². The SMILES string of the molecule is O=C(COc1ccc2c(=O)c3ccccc3oc2c1)Nc1ccc(F)cc1. The Bertz CT molecular complexity index is 1200. The van der Waals surface area contributed by atoms with Gasteiger partial charge >= 0.3 is 0 Å². The van der Waals surface area contributed by atoms with E-state index in [0.717, 1.165) is 0 Å². The zero-order valence-corrected chi connectivity index (χ0v) is 14.1. The highest BCUT2D eigenvalue weighted by Crippen LogP contribution is 2.22. The van der Waals surface area contributed by atoms with Crippen LogP contribution in [0.5, 0.6) is 5.75 Å². The first-order valence-electron chi connectivity index (χ1n) is 8.24. The number of halogens is 1. The van der Waals surface area contributed by atoms with E-state index in [1.165, 1.54) is 24.3 Å². The maximum atomic E-state index is 12.9. The van der Waals surface area contributed by atoms with Crippen molar-refractivity contribution < 1.29 is 18.3 Å². The minimum Gasteiger partial charge on any atom is -0.484 e. The molecular formula is C21H14FNO4. The predicted molar refractivity (Wildman–Crippen MR) is 101 cm³/mol. The Balaban J connectivity index is 1.52. The Morgan fingerprint density at radius 3 is 2.52 bits per heavy atom. The summed E-state index contributed by atoms with van der Waals surface area (Å²) < 4.78 is 24.1. The molecule has 27 heavy (non-hydrogen) atoms. The van der Waals surface area contributed by atoms with Crippen LogP contribution in [0.4, 0.5) is 10.1 Å². The third-order valence-electron chi connectivity index (χ3n) is 4.05. The van der Waals surface area contributed by atoms with Crippen LogP contribution >= 0.6 is 0 Å². The summed E-state index contributed by atoms with van der Waals surface area (Å²) in [7, 11) is 0. The number of amides is 1. The maximum absolute atomic E-state index is 12.9. The molecule has 0 aliphatic carbocycles. The van der Waals surface area contributed by atoms with E-state index in [9.17, 15) is 14.0 Å². The summed E-state index contributed by atoms with van der Waals surface area (Å²) in [5.74, 6) is -0.369. The number of para-hydroxylation sites is 1. The van der Waals surface area contributed by atoms with E-state index in [2.05, 4.69) is 5.32 Å². The van der Waals surface area contributed by atoms with E-state index in [0.29, 0.717) is 33.4 Å². The topological polar surface area (TPSA) is 68.5 Å². The highest BCUT2D eigenvalue weighted by molar-refractivity contribution is 5.92. The van der Waals surface area contributed by atoms with E-state index in [-0.39, 0.29) is 23.8 Å². The average molecular weight is 363 g/mol. The molecule has 1 amide bonds. The van der Waals surface area contributed by atoms with E-state index >= 15 is 0 Å². The Hall–Kier alpha value is -3.67. The van der Waals surface area contributed by atoms with Crippen molar-refractivity contribution in [3.8, 4) is 5.75 Å². The number of hydrogen-bond acceptors (Lipinski definition) is 4. The van der Waals surface area contributed by atoms with Crippen LogP contribution in [0.25, 0.3) is 21.9 Å². The molecule has 1 heterocycles. The fourth-order valence-corrected chi connectivity index (χ4v) is 2.75. The second-order valence-electron chi connectivity index (χ2n) is 5.93. The number of nitrogens with one attached hydrogen (secondary N) is 1. The normalized spacial score (nSPS) is 10.9. The molecule has 0 saturated carbocycles. The number of fused-ring (bicyclic) bond motifs is 2. The summed E-state index contributed by atoms with van der Waals surface area (Å²) in [6.07, 6.45) is 0. The molecule has 0 bridgehead atoms. The van der Waals surface area contributed by atoms with Gasteiger partial charge in [-0.3, -0.25) is 9.59 Å². The quantitative estimate of drug-likeness (QED) is 0.554. The molecule has 1 N–H and O–H groups in total. The molecule has 0 saturated heterocycles. The summed E-state index contributed by atoms with van der Waals surface area (Å²) >= 11 is 0. The molecule has 0 aliphatic heterocycles. The van der Waals surface area contributed by atoms with Gasteiger partial charge in [0, 0.05) is 11.8 Å². The van der Waals surface area contributed by atoms with Crippen LogP contribution in [0.1, 0.15) is 0 Å². The van der Waals surface area contributed by atoms with Crippen LogP contribution in [0.15, 0.2) is 75.9 Å². The number of hydrogen-bond donors (Lipinski definition) is 1. The molecule has 1 aromatic heterocycles. The van der Waals surface area contributed by atoms with E-state index < -0.39 is 0 Å². The molecule has 0 radical (unpaired) electrons.